The SMILES string of the molecule is CC(C)C(NC(=O)NC1CCCCC1)C(N)=NO. The molecule has 1 aliphatic carbocycles. The minimum atomic E-state index is -0.446. The summed E-state index contributed by atoms with van der Waals surface area (Å²) in [6.07, 6.45) is 5.64. The topological polar surface area (TPSA) is 99.7 Å². The molecular weight excluding hydrogens is 232 g/mol. The molecule has 1 rings (SSSR count). The van der Waals surface area contributed by atoms with Gasteiger partial charge in [0.05, 0.1) is 6.04 Å². The zero-order chi connectivity index (χ0) is 13.5. The van der Waals surface area contributed by atoms with Gasteiger partial charge < -0.3 is 21.6 Å². The number of nitrogens with two attached hydrogens (primary N) is 1. The summed E-state index contributed by atoms with van der Waals surface area (Å²) in [7, 11) is 0. The molecule has 1 atom stereocenters. The standard InChI is InChI=1S/C12H24N4O2/c1-8(2)10(11(13)16-18)15-12(17)14-9-6-4-3-5-7-9/h8-10,18H,3-7H2,1-2H3,(H2,13,16)(H2,14,15,17). The van der Waals surface area contributed by atoms with E-state index < -0.39 is 6.04 Å². The van der Waals surface area contributed by atoms with Crippen LogP contribution in [0.1, 0.15) is 46.0 Å². The molecule has 0 radical (unpaired) electrons. The number of oxime groups is 1. The van der Waals surface area contributed by atoms with Gasteiger partial charge in [-0.15, -0.1) is 0 Å². The van der Waals surface area contributed by atoms with Crippen LogP contribution in [0.25, 0.3) is 0 Å². The van der Waals surface area contributed by atoms with Crippen molar-refractivity contribution in [2.45, 2.75) is 58.0 Å². The molecule has 1 fully saturated rings. The van der Waals surface area contributed by atoms with Crippen LogP contribution in [-0.2, 0) is 0 Å². The Balaban J connectivity index is 2.45. The molecule has 5 N–H and O–H groups in total. The number of carbonyl (C=O) groups is 1. The second kappa shape index (κ2) is 7.08. The lowest BCUT2D eigenvalue weighted by atomic mass is 9.96. The molecule has 1 aliphatic rings. The number of hydrogen-bond acceptors (Lipinski definition) is 3. The van der Waals surface area contributed by atoms with Crippen molar-refractivity contribution in [2.24, 2.45) is 16.8 Å². The first kappa shape index (κ1) is 14.6. The highest BCUT2D eigenvalue weighted by Crippen LogP contribution is 2.17. The number of rotatable bonds is 4. The number of carbonyl (C=O) groups excluding carboxylic acids is 1. The van der Waals surface area contributed by atoms with Crippen molar-refractivity contribution in [1.29, 1.82) is 0 Å². The molecule has 0 spiro atoms. The Morgan fingerprint density at radius 2 is 1.94 bits per heavy atom. The smallest absolute Gasteiger partial charge is 0.315 e. The highest BCUT2D eigenvalue weighted by molar-refractivity contribution is 5.89. The Hall–Kier alpha value is -1.46. The maximum atomic E-state index is 11.8. The van der Waals surface area contributed by atoms with Crippen LogP contribution in [0, 0.1) is 5.92 Å². The number of amidine groups is 1. The molecule has 6 heteroatoms. The van der Waals surface area contributed by atoms with Gasteiger partial charge in [0.1, 0.15) is 0 Å². The molecule has 1 saturated carbocycles. The van der Waals surface area contributed by atoms with Crippen LogP contribution in [0.2, 0.25) is 0 Å². The summed E-state index contributed by atoms with van der Waals surface area (Å²) in [6, 6.07) is -0.440. The van der Waals surface area contributed by atoms with Gasteiger partial charge in [-0.05, 0) is 18.8 Å². The van der Waals surface area contributed by atoms with Crippen LogP contribution in [0.4, 0.5) is 4.79 Å². The van der Waals surface area contributed by atoms with Crippen LogP contribution >= 0.6 is 0 Å². The molecule has 0 saturated heterocycles. The lowest BCUT2D eigenvalue weighted by Gasteiger charge is -2.26. The first-order valence-electron chi connectivity index (χ1n) is 6.59. The predicted molar refractivity (Wildman–Crippen MR) is 70.6 cm³/mol. The van der Waals surface area contributed by atoms with E-state index >= 15 is 0 Å². The lowest BCUT2D eigenvalue weighted by Crippen LogP contribution is -2.53. The van der Waals surface area contributed by atoms with E-state index in [9.17, 15) is 4.79 Å². The summed E-state index contributed by atoms with van der Waals surface area (Å²) in [5, 5.41) is 17.3. The molecule has 18 heavy (non-hydrogen) atoms. The zero-order valence-corrected chi connectivity index (χ0v) is 11.1. The van der Waals surface area contributed by atoms with E-state index in [0.29, 0.717) is 0 Å². The van der Waals surface area contributed by atoms with Crippen LogP contribution in [-0.4, -0.2) is 29.2 Å². The fourth-order valence-electron chi connectivity index (χ4n) is 2.26. The van der Waals surface area contributed by atoms with Gasteiger partial charge in [0.2, 0.25) is 0 Å². The van der Waals surface area contributed by atoms with Crippen molar-refractivity contribution in [3.8, 4) is 0 Å². The largest absolute Gasteiger partial charge is 0.409 e. The zero-order valence-electron chi connectivity index (χ0n) is 11.1. The quantitative estimate of drug-likeness (QED) is 0.265. The molecule has 0 aliphatic heterocycles. The van der Waals surface area contributed by atoms with Crippen molar-refractivity contribution < 1.29 is 10.0 Å². The first-order valence-corrected chi connectivity index (χ1v) is 6.59. The van der Waals surface area contributed by atoms with E-state index in [4.69, 9.17) is 10.9 Å². The summed E-state index contributed by atoms with van der Waals surface area (Å²) in [5.74, 6) is 0.0989. The molecule has 1 unspecified atom stereocenters. The number of urea groups is 1. The monoisotopic (exact) mass is 256 g/mol. The maximum absolute atomic E-state index is 11.8. The summed E-state index contributed by atoms with van der Waals surface area (Å²) in [4.78, 5) is 11.8. The maximum Gasteiger partial charge on any atom is 0.315 e. The molecule has 6 nitrogen and oxygen atoms in total. The number of nitrogens with zero attached hydrogens (tertiary/aromatic N) is 1. The molecule has 2 amide bonds. The van der Waals surface area contributed by atoms with Gasteiger partial charge >= 0.3 is 6.03 Å². The van der Waals surface area contributed by atoms with Gasteiger partial charge in [0, 0.05) is 6.04 Å². The summed E-state index contributed by atoms with van der Waals surface area (Å²) < 4.78 is 0. The second-order valence-electron chi connectivity index (χ2n) is 5.20. The van der Waals surface area contributed by atoms with E-state index in [1.807, 2.05) is 13.8 Å². The minimum absolute atomic E-state index is 0.0313. The normalized spacial score (nSPS) is 19.6. The second-order valence-corrected chi connectivity index (χ2v) is 5.20. The van der Waals surface area contributed by atoms with Gasteiger partial charge in [-0.25, -0.2) is 4.79 Å². The predicted octanol–water partition coefficient (Wildman–Crippen LogP) is 1.39. The van der Waals surface area contributed by atoms with Gasteiger partial charge in [0.25, 0.3) is 0 Å². The van der Waals surface area contributed by atoms with Crippen LogP contribution < -0.4 is 16.4 Å². The number of hydrogen-bond donors (Lipinski definition) is 4. The average molecular weight is 256 g/mol. The third kappa shape index (κ3) is 4.43. The van der Waals surface area contributed by atoms with E-state index in [1.54, 1.807) is 0 Å². The van der Waals surface area contributed by atoms with Crippen LogP contribution in [0.5, 0.6) is 0 Å². The lowest BCUT2D eigenvalue weighted by molar-refractivity contribution is 0.228. The van der Waals surface area contributed by atoms with Crippen molar-refractivity contribution in [2.75, 3.05) is 0 Å². The Labute approximate surface area is 108 Å². The molecule has 0 heterocycles. The fourth-order valence-corrected chi connectivity index (χ4v) is 2.26. The highest BCUT2D eigenvalue weighted by Gasteiger charge is 2.22. The fraction of sp³-hybridized carbons (Fsp3) is 0.833. The summed E-state index contributed by atoms with van der Waals surface area (Å²) in [6.45, 7) is 3.81. The molecule has 104 valence electrons. The molecule has 0 aromatic heterocycles. The third-order valence-corrected chi connectivity index (χ3v) is 3.33. The van der Waals surface area contributed by atoms with E-state index in [0.717, 1.165) is 12.8 Å². The first-order chi connectivity index (χ1) is 8.54. The van der Waals surface area contributed by atoms with Crippen LogP contribution in [0.15, 0.2) is 5.16 Å². The Kier molecular flexibility index (Phi) is 5.74. The molecule has 0 aromatic rings. The van der Waals surface area contributed by atoms with E-state index in [-0.39, 0.29) is 23.8 Å². The third-order valence-electron chi connectivity index (χ3n) is 3.33. The van der Waals surface area contributed by atoms with Gasteiger partial charge in [-0.1, -0.05) is 38.3 Å². The van der Waals surface area contributed by atoms with Crippen molar-refractivity contribution >= 4 is 11.9 Å². The summed E-state index contributed by atoms with van der Waals surface area (Å²) in [5.41, 5.74) is 5.56. The Morgan fingerprint density at radius 3 is 2.44 bits per heavy atom. The minimum Gasteiger partial charge on any atom is -0.409 e. The van der Waals surface area contributed by atoms with Crippen LogP contribution in [0.3, 0.4) is 0 Å². The van der Waals surface area contributed by atoms with Crippen molar-refractivity contribution in [1.82, 2.24) is 10.6 Å². The Morgan fingerprint density at radius 1 is 1.33 bits per heavy atom. The van der Waals surface area contributed by atoms with Gasteiger partial charge in [-0.3, -0.25) is 0 Å². The van der Waals surface area contributed by atoms with E-state index in [1.165, 1.54) is 19.3 Å². The average Bonchev–Trinajstić information content (AvgIpc) is 2.36. The number of nitrogens with one attached hydrogen (secondary N) is 2. The highest BCUT2D eigenvalue weighted by atomic mass is 16.4. The van der Waals surface area contributed by atoms with Crippen molar-refractivity contribution in [3.05, 3.63) is 0 Å². The molecule has 0 aromatic carbocycles. The molecular formula is C12H24N4O2. The van der Waals surface area contributed by atoms with Gasteiger partial charge in [-0.2, -0.15) is 0 Å². The van der Waals surface area contributed by atoms with Crippen molar-refractivity contribution in [3.63, 3.8) is 0 Å². The Bertz CT molecular complexity index is 298. The molecule has 0 bridgehead atoms. The number of amides is 2. The van der Waals surface area contributed by atoms with E-state index in [2.05, 4.69) is 15.8 Å². The van der Waals surface area contributed by atoms with Gasteiger partial charge in [0.15, 0.2) is 5.84 Å². The summed E-state index contributed by atoms with van der Waals surface area (Å²) >= 11 is 0.